The predicted molar refractivity (Wildman–Crippen MR) is 54.0 cm³/mol. The molecule has 0 aliphatic rings. The zero-order chi connectivity index (χ0) is 11.5. The maximum absolute atomic E-state index is 12.3. The van der Waals surface area contributed by atoms with E-state index in [9.17, 15) is 13.2 Å². The Kier molecular flexibility index (Phi) is 4.24. The normalized spacial score (nSPS) is 13.9. The molecule has 0 bridgehead atoms. The fourth-order valence-corrected chi connectivity index (χ4v) is 1.72. The Labute approximate surface area is 94.0 Å². The van der Waals surface area contributed by atoms with Crippen LogP contribution in [0.1, 0.15) is 0 Å². The third-order valence-electron chi connectivity index (χ3n) is 1.54. The van der Waals surface area contributed by atoms with Gasteiger partial charge in [-0.25, -0.2) is 4.98 Å². The Balaban J connectivity index is 2.71. The molecule has 1 heterocycles. The lowest BCUT2D eigenvalue weighted by molar-refractivity contribution is -0.126. The van der Waals surface area contributed by atoms with E-state index >= 15 is 0 Å². The van der Waals surface area contributed by atoms with Gasteiger partial charge in [-0.1, -0.05) is 23.4 Å². The molecular formula is C8H8ClF3N2S. The molecule has 0 aliphatic heterocycles. The van der Waals surface area contributed by atoms with Crippen molar-refractivity contribution in [2.45, 2.75) is 16.5 Å². The zero-order valence-electron chi connectivity index (χ0n) is 7.46. The molecule has 1 unspecified atom stereocenters. The number of rotatable bonds is 3. The smallest absolute Gasteiger partial charge is 0.329 e. The van der Waals surface area contributed by atoms with E-state index in [1.54, 1.807) is 0 Å². The minimum Gasteiger partial charge on any atom is -0.329 e. The summed E-state index contributed by atoms with van der Waals surface area (Å²) in [6, 6.07) is 2.92. The molecule has 0 amide bonds. The van der Waals surface area contributed by atoms with Gasteiger partial charge in [0.05, 0.1) is 10.0 Å². The number of alkyl halides is 3. The van der Waals surface area contributed by atoms with Crippen molar-refractivity contribution in [2.24, 2.45) is 5.73 Å². The van der Waals surface area contributed by atoms with Crippen LogP contribution < -0.4 is 5.73 Å². The number of halogens is 4. The van der Waals surface area contributed by atoms with Gasteiger partial charge in [-0.05, 0) is 12.1 Å². The summed E-state index contributed by atoms with van der Waals surface area (Å²) < 4.78 is 37.0. The van der Waals surface area contributed by atoms with E-state index in [0.717, 1.165) is 0 Å². The van der Waals surface area contributed by atoms with Crippen molar-refractivity contribution in [1.82, 2.24) is 4.98 Å². The van der Waals surface area contributed by atoms with Gasteiger partial charge in [0.15, 0.2) is 0 Å². The molecule has 0 saturated heterocycles. The van der Waals surface area contributed by atoms with Gasteiger partial charge in [0.25, 0.3) is 0 Å². The Morgan fingerprint density at radius 3 is 2.53 bits per heavy atom. The lowest BCUT2D eigenvalue weighted by Gasteiger charge is -2.16. The quantitative estimate of drug-likeness (QED) is 0.845. The van der Waals surface area contributed by atoms with E-state index in [1.807, 2.05) is 0 Å². The van der Waals surface area contributed by atoms with Crippen molar-refractivity contribution in [3.05, 3.63) is 23.4 Å². The number of pyridine rings is 1. The molecule has 2 nitrogen and oxygen atoms in total. The molecule has 0 fully saturated rings. The average molecular weight is 257 g/mol. The highest BCUT2D eigenvalue weighted by atomic mass is 35.5. The molecule has 1 aromatic heterocycles. The maximum atomic E-state index is 12.3. The SMILES string of the molecule is NCC(Sc1ccc(Cl)cn1)C(F)(F)F. The molecule has 0 saturated carbocycles. The number of nitrogens with zero attached hydrogens (tertiary/aromatic N) is 1. The number of hydrogen-bond acceptors (Lipinski definition) is 3. The topological polar surface area (TPSA) is 38.9 Å². The molecule has 0 spiro atoms. The number of hydrogen-bond donors (Lipinski definition) is 1. The lowest BCUT2D eigenvalue weighted by Crippen LogP contribution is -2.33. The summed E-state index contributed by atoms with van der Waals surface area (Å²) in [4.78, 5) is 3.76. The van der Waals surface area contributed by atoms with Gasteiger partial charge in [0, 0.05) is 12.7 Å². The second-order valence-electron chi connectivity index (χ2n) is 2.70. The monoisotopic (exact) mass is 256 g/mol. The van der Waals surface area contributed by atoms with Crippen LogP contribution in [0, 0.1) is 0 Å². The van der Waals surface area contributed by atoms with Gasteiger partial charge in [-0.3, -0.25) is 0 Å². The van der Waals surface area contributed by atoms with Gasteiger partial charge >= 0.3 is 6.18 Å². The largest absolute Gasteiger partial charge is 0.402 e. The van der Waals surface area contributed by atoms with Gasteiger partial charge in [0.2, 0.25) is 0 Å². The maximum Gasteiger partial charge on any atom is 0.402 e. The summed E-state index contributed by atoms with van der Waals surface area (Å²) >= 11 is 6.14. The third kappa shape index (κ3) is 3.89. The predicted octanol–water partition coefficient (Wildman–Crippen LogP) is 2.72. The molecule has 0 radical (unpaired) electrons. The summed E-state index contributed by atoms with van der Waals surface area (Å²) in [5.41, 5.74) is 5.04. The minimum absolute atomic E-state index is 0.257. The Morgan fingerprint density at radius 1 is 1.47 bits per heavy atom. The van der Waals surface area contributed by atoms with Crippen LogP contribution in [-0.4, -0.2) is 23.0 Å². The van der Waals surface area contributed by atoms with Crippen molar-refractivity contribution in [1.29, 1.82) is 0 Å². The fraction of sp³-hybridized carbons (Fsp3) is 0.375. The van der Waals surface area contributed by atoms with Crippen LogP contribution >= 0.6 is 23.4 Å². The first kappa shape index (κ1) is 12.6. The highest BCUT2D eigenvalue weighted by Crippen LogP contribution is 2.33. The molecule has 1 atom stereocenters. The Hall–Kier alpha value is -0.460. The average Bonchev–Trinajstić information content (AvgIpc) is 2.15. The van der Waals surface area contributed by atoms with Gasteiger partial charge in [-0.2, -0.15) is 13.2 Å². The molecule has 1 rings (SSSR count). The minimum atomic E-state index is -4.32. The number of aromatic nitrogens is 1. The van der Waals surface area contributed by atoms with Crippen LogP contribution in [0.5, 0.6) is 0 Å². The molecule has 7 heteroatoms. The van der Waals surface area contributed by atoms with Crippen molar-refractivity contribution in [3.8, 4) is 0 Å². The van der Waals surface area contributed by atoms with E-state index in [2.05, 4.69) is 4.98 Å². The standard InChI is InChI=1S/C8H8ClF3N2S/c9-5-1-2-7(14-4-5)15-6(3-13)8(10,11)12/h1-2,4,6H,3,13H2. The Morgan fingerprint density at radius 2 is 2.13 bits per heavy atom. The van der Waals surface area contributed by atoms with Crippen LogP contribution in [0.3, 0.4) is 0 Å². The van der Waals surface area contributed by atoms with E-state index in [4.69, 9.17) is 17.3 Å². The summed E-state index contributed by atoms with van der Waals surface area (Å²) in [6.45, 7) is -0.474. The first-order valence-corrected chi connectivity index (χ1v) is 5.24. The lowest BCUT2D eigenvalue weighted by atomic mass is 10.4. The van der Waals surface area contributed by atoms with Crippen molar-refractivity contribution in [2.75, 3.05) is 6.54 Å². The first-order chi connectivity index (χ1) is 6.93. The molecule has 84 valence electrons. The van der Waals surface area contributed by atoms with Crippen molar-refractivity contribution >= 4 is 23.4 Å². The summed E-state index contributed by atoms with van der Waals surface area (Å²) in [7, 11) is 0. The number of nitrogens with two attached hydrogens (primary N) is 1. The number of thioether (sulfide) groups is 1. The van der Waals surface area contributed by atoms with E-state index in [1.165, 1.54) is 18.3 Å². The van der Waals surface area contributed by atoms with Crippen LogP contribution in [0.25, 0.3) is 0 Å². The molecule has 2 N–H and O–H groups in total. The van der Waals surface area contributed by atoms with Gasteiger partial charge < -0.3 is 5.73 Å². The third-order valence-corrected chi connectivity index (χ3v) is 2.99. The zero-order valence-corrected chi connectivity index (χ0v) is 9.03. The van der Waals surface area contributed by atoms with Crippen molar-refractivity contribution in [3.63, 3.8) is 0 Å². The van der Waals surface area contributed by atoms with E-state index in [0.29, 0.717) is 16.8 Å². The van der Waals surface area contributed by atoms with E-state index < -0.39 is 18.0 Å². The fourth-order valence-electron chi connectivity index (χ4n) is 0.826. The summed E-state index contributed by atoms with van der Waals surface area (Å²) in [5, 5.41) is -0.992. The summed E-state index contributed by atoms with van der Waals surface area (Å²) in [5.74, 6) is 0. The molecule has 0 aromatic carbocycles. The highest BCUT2D eigenvalue weighted by Gasteiger charge is 2.39. The first-order valence-electron chi connectivity index (χ1n) is 3.98. The van der Waals surface area contributed by atoms with Gasteiger partial charge in [0.1, 0.15) is 5.25 Å². The van der Waals surface area contributed by atoms with Crippen molar-refractivity contribution < 1.29 is 13.2 Å². The molecule has 15 heavy (non-hydrogen) atoms. The van der Waals surface area contributed by atoms with Crippen LogP contribution in [0.2, 0.25) is 5.02 Å². The molecular weight excluding hydrogens is 249 g/mol. The van der Waals surface area contributed by atoms with Crippen LogP contribution in [-0.2, 0) is 0 Å². The van der Waals surface area contributed by atoms with Gasteiger partial charge in [-0.15, -0.1) is 0 Å². The second-order valence-corrected chi connectivity index (χ2v) is 4.36. The van der Waals surface area contributed by atoms with Crippen LogP contribution in [0.4, 0.5) is 13.2 Å². The molecule has 0 aliphatic carbocycles. The summed E-state index contributed by atoms with van der Waals surface area (Å²) in [6.07, 6.45) is -3.02. The van der Waals surface area contributed by atoms with E-state index in [-0.39, 0.29) is 5.03 Å². The molecule has 1 aromatic rings. The second kappa shape index (κ2) is 5.05. The Bertz CT molecular complexity index is 315. The highest BCUT2D eigenvalue weighted by molar-refractivity contribution is 8.00. The van der Waals surface area contributed by atoms with Crippen LogP contribution in [0.15, 0.2) is 23.4 Å².